The molecule has 0 spiro atoms. The Balaban J connectivity index is 1.38. The first-order chi connectivity index (χ1) is 13.0. The number of rotatable bonds is 4. The van der Waals surface area contributed by atoms with E-state index in [1.165, 1.54) is 0 Å². The number of hydrogen-bond acceptors (Lipinski definition) is 3. The second kappa shape index (κ2) is 7.50. The number of para-hydroxylation sites is 2. The summed E-state index contributed by atoms with van der Waals surface area (Å²) in [5.41, 5.74) is 1.92. The second-order valence-corrected chi connectivity index (χ2v) is 8.46. The molecule has 0 bridgehead atoms. The zero-order valence-electron chi connectivity index (χ0n) is 16.4. The minimum atomic E-state index is 0.000902. The fourth-order valence-corrected chi connectivity index (χ4v) is 4.69. The van der Waals surface area contributed by atoms with E-state index in [2.05, 4.69) is 23.7 Å². The molecule has 1 N–H and O–H groups in total. The van der Waals surface area contributed by atoms with Gasteiger partial charge in [-0.25, -0.2) is 4.79 Å². The van der Waals surface area contributed by atoms with Crippen molar-refractivity contribution in [1.82, 2.24) is 19.4 Å². The van der Waals surface area contributed by atoms with Gasteiger partial charge in [0, 0.05) is 44.7 Å². The van der Waals surface area contributed by atoms with Crippen LogP contribution in [0.3, 0.4) is 0 Å². The number of nitrogens with zero attached hydrogens (tertiary/aromatic N) is 3. The summed E-state index contributed by atoms with van der Waals surface area (Å²) in [6, 6.07) is 8.66. The van der Waals surface area contributed by atoms with Gasteiger partial charge in [-0.2, -0.15) is 0 Å². The van der Waals surface area contributed by atoms with E-state index in [-0.39, 0.29) is 11.7 Å². The van der Waals surface area contributed by atoms with Crippen molar-refractivity contribution in [2.45, 2.75) is 51.6 Å². The van der Waals surface area contributed by atoms with Gasteiger partial charge < -0.3 is 9.88 Å². The number of piperidine rings is 1. The van der Waals surface area contributed by atoms with Gasteiger partial charge in [0.05, 0.1) is 11.0 Å². The van der Waals surface area contributed by atoms with Crippen molar-refractivity contribution < 1.29 is 4.79 Å². The highest BCUT2D eigenvalue weighted by molar-refractivity contribution is 5.76. The normalized spacial score (nSPS) is 22.2. The molecule has 0 saturated carbocycles. The third-order valence-corrected chi connectivity index (χ3v) is 6.10. The molecule has 1 atom stereocenters. The van der Waals surface area contributed by atoms with Gasteiger partial charge >= 0.3 is 5.69 Å². The van der Waals surface area contributed by atoms with Gasteiger partial charge in [-0.3, -0.25) is 14.3 Å². The molecule has 2 aliphatic rings. The zero-order chi connectivity index (χ0) is 19.0. The lowest BCUT2D eigenvalue weighted by Crippen LogP contribution is -2.44. The lowest BCUT2D eigenvalue weighted by Gasteiger charge is -2.36. The molecular weight excluding hydrogens is 340 g/mol. The van der Waals surface area contributed by atoms with Crippen LogP contribution in [-0.2, 0) is 4.79 Å². The molecule has 0 aliphatic carbocycles. The van der Waals surface area contributed by atoms with Crippen LogP contribution in [-0.4, -0.2) is 57.5 Å². The SMILES string of the molecule is CC(C)CC(=O)N1CCC(N2CCC(n3c(=O)[nH]c4ccccc43)CC2)C1. The summed E-state index contributed by atoms with van der Waals surface area (Å²) >= 11 is 0. The summed E-state index contributed by atoms with van der Waals surface area (Å²) in [6.45, 7) is 7.94. The highest BCUT2D eigenvalue weighted by atomic mass is 16.2. The highest BCUT2D eigenvalue weighted by Crippen LogP contribution is 2.28. The third kappa shape index (κ3) is 3.68. The Kier molecular flexibility index (Phi) is 5.08. The van der Waals surface area contributed by atoms with Crippen LogP contribution < -0.4 is 5.69 Å². The van der Waals surface area contributed by atoms with Crippen LogP contribution in [0.25, 0.3) is 11.0 Å². The first kappa shape index (κ1) is 18.3. The predicted octanol–water partition coefficient (Wildman–Crippen LogP) is 2.61. The number of aromatic amines is 1. The smallest absolute Gasteiger partial charge is 0.326 e. The van der Waals surface area contributed by atoms with Gasteiger partial charge in [0.25, 0.3) is 0 Å². The lowest BCUT2D eigenvalue weighted by molar-refractivity contribution is -0.131. The molecule has 3 heterocycles. The Morgan fingerprint density at radius 3 is 2.56 bits per heavy atom. The molecule has 1 amide bonds. The van der Waals surface area contributed by atoms with Gasteiger partial charge in [0.2, 0.25) is 5.91 Å². The van der Waals surface area contributed by atoms with Gasteiger partial charge in [0.1, 0.15) is 0 Å². The van der Waals surface area contributed by atoms with Crippen LogP contribution in [0.15, 0.2) is 29.1 Å². The van der Waals surface area contributed by atoms with Gasteiger partial charge in [0.15, 0.2) is 0 Å². The van der Waals surface area contributed by atoms with E-state index in [0.717, 1.165) is 56.5 Å². The first-order valence-corrected chi connectivity index (χ1v) is 10.2. The summed E-state index contributed by atoms with van der Waals surface area (Å²) in [5, 5.41) is 0. The molecule has 1 aromatic heterocycles. The minimum Gasteiger partial charge on any atom is -0.341 e. The van der Waals surface area contributed by atoms with Crippen molar-refractivity contribution in [3.8, 4) is 0 Å². The van der Waals surface area contributed by atoms with E-state index < -0.39 is 0 Å². The van der Waals surface area contributed by atoms with E-state index >= 15 is 0 Å². The number of aromatic nitrogens is 2. The number of fused-ring (bicyclic) bond motifs is 1. The van der Waals surface area contributed by atoms with E-state index in [1.54, 1.807) is 0 Å². The Labute approximate surface area is 160 Å². The summed E-state index contributed by atoms with van der Waals surface area (Å²) < 4.78 is 1.94. The maximum atomic E-state index is 12.4. The maximum absolute atomic E-state index is 12.4. The van der Waals surface area contributed by atoms with Crippen molar-refractivity contribution in [3.05, 3.63) is 34.7 Å². The third-order valence-electron chi connectivity index (χ3n) is 6.10. The van der Waals surface area contributed by atoms with Crippen molar-refractivity contribution in [1.29, 1.82) is 0 Å². The van der Waals surface area contributed by atoms with Gasteiger partial charge in [-0.1, -0.05) is 26.0 Å². The molecule has 1 unspecified atom stereocenters. The number of carbonyl (C=O) groups is 1. The Hall–Kier alpha value is -2.08. The fraction of sp³-hybridized carbons (Fsp3) is 0.619. The van der Waals surface area contributed by atoms with Crippen molar-refractivity contribution in [2.75, 3.05) is 26.2 Å². The standard InChI is InChI=1S/C21H30N4O2/c1-15(2)13-20(26)24-12-9-17(14-24)23-10-7-16(8-11-23)25-19-6-4-3-5-18(19)22-21(25)27/h3-6,15-17H,7-14H2,1-2H3,(H,22,27). The monoisotopic (exact) mass is 370 g/mol. The zero-order valence-corrected chi connectivity index (χ0v) is 16.4. The molecule has 6 heteroatoms. The Morgan fingerprint density at radius 2 is 1.81 bits per heavy atom. The average Bonchev–Trinajstić information content (AvgIpc) is 3.25. The number of hydrogen-bond donors (Lipinski definition) is 1. The maximum Gasteiger partial charge on any atom is 0.326 e. The van der Waals surface area contributed by atoms with Crippen LogP contribution in [0.1, 0.15) is 45.6 Å². The molecule has 2 fully saturated rings. The number of nitrogens with one attached hydrogen (secondary N) is 1. The molecule has 4 rings (SSSR count). The molecule has 2 aliphatic heterocycles. The van der Waals surface area contributed by atoms with E-state index in [1.807, 2.05) is 33.7 Å². The number of likely N-dealkylation sites (tertiary alicyclic amines) is 2. The molecular formula is C21H30N4O2. The van der Waals surface area contributed by atoms with Crippen LogP contribution in [0.5, 0.6) is 0 Å². The summed E-state index contributed by atoms with van der Waals surface area (Å²) in [7, 11) is 0. The molecule has 2 aromatic rings. The summed E-state index contributed by atoms with van der Waals surface area (Å²) in [5.74, 6) is 0.717. The van der Waals surface area contributed by atoms with Crippen molar-refractivity contribution >= 4 is 16.9 Å². The minimum absolute atomic E-state index is 0.000902. The van der Waals surface area contributed by atoms with Crippen LogP contribution in [0.2, 0.25) is 0 Å². The first-order valence-electron chi connectivity index (χ1n) is 10.2. The highest BCUT2D eigenvalue weighted by Gasteiger charge is 2.33. The Morgan fingerprint density at radius 1 is 1.11 bits per heavy atom. The number of H-pyrrole nitrogens is 1. The molecule has 2 saturated heterocycles. The predicted molar refractivity (Wildman–Crippen MR) is 107 cm³/mol. The van der Waals surface area contributed by atoms with E-state index in [9.17, 15) is 9.59 Å². The second-order valence-electron chi connectivity index (χ2n) is 8.46. The fourth-order valence-electron chi connectivity index (χ4n) is 4.69. The largest absolute Gasteiger partial charge is 0.341 e. The Bertz CT molecular complexity index is 860. The average molecular weight is 370 g/mol. The van der Waals surface area contributed by atoms with Crippen LogP contribution in [0.4, 0.5) is 0 Å². The van der Waals surface area contributed by atoms with Crippen LogP contribution in [0, 0.1) is 5.92 Å². The number of amides is 1. The molecule has 27 heavy (non-hydrogen) atoms. The molecule has 1 aromatic carbocycles. The van der Waals surface area contributed by atoms with Crippen LogP contribution >= 0.6 is 0 Å². The number of imidazole rings is 1. The van der Waals surface area contributed by atoms with Crippen molar-refractivity contribution in [3.63, 3.8) is 0 Å². The lowest BCUT2D eigenvalue weighted by atomic mass is 10.0. The molecule has 0 radical (unpaired) electrons. The van der Waals surface area contributed by atoms with Crippen molar-refractivity contribution in [2.24, 2.45) is 5.92 Å². The van der Waals surface area contributed by atoms with E-state index in [0.29, 0.717) is 24.3 Å². The summed E-state index contributed by atoms with van der Waals surface area (Å²) in [6.07, 6.45) is 3.69. The molecule has 146 valence electrons. The topological polar surface area (TPSA) is 61.3 Å². The summed E-state index contributed by atoms with van der Waals surface area (Å²) in [4.78, 5) is 32.3. The molecule has 6 nitrogen and oxygen atoms in total. The number of benzene rings is 1. The van der Waals surface area contributed by atoms with Gasteiger partial charge in [-0.15, -0.1) is 0 Å². The van der Waals surface area contributed by atoms with E-state index in [4.69, 9.17) is 0 Å². The number of carbonyl (C=O) groups excluding carboxylic acids is 1. The van der Waals surface area contributed by atoms with Gasteiger partial charge in [-0.05, 0) is 37.3 Å². The quantitative estimate of drug-likeness (QED) is 0.900.